The summed E-state index contributed by atoms with van der Waals surface area (Å²) in [4.78, 5) is 0. The molecule has 0 aliphatic carbocycles. The van der Waals surface area contributed by atoms with E-state index in [0.29, 0.717) is 19.1 Å². The highest BCUT2D eigenvalue weighted by Crippen LogP contribution is 2.11. The van der Waals surface area contributed by atoms with Gasteiger partial charge in [0, 0.05) is 25.4 Å². The Hall–Kier alpha value is -1.06. The van der Waals surface area contributed by atoms with Crippen LogP contribution >= 0.6 is 0 Å². The fourth-order valence-corrected chi connectivity index (χ4v) is 1.47. The topological polar surface area (TPSA) is 41.5 Å². The zero-order valence-corrected chi connectivity index (χ0v) is 9.36. The molecule has 1 aromatic carbocycles. The van der Waals surface area contributed by atoms with Gasteiger partial charge in [-0.25, -0.2) is 0 Å². The molecular formula is C12H19NO2. The molecule has 0 aromatic heterocycles. The Bertz CT molecular complexity index is 271. The third-order valence-corrected chi connectivity index (χ3v) is 2.18. The van der Waals surface area contributed by atoms with Gasteiger partial charge in [0.15, 0.2) is 0 Å². The lowest BCUT2D eigenvalue weighted by molar-refractivity contribution is 0.190. The molecule has 15 heavy (non-hydrogen) atoms. The van der Waals surface area contributed by atoms with Gasteiger partial charge in [0.2, 0.25) is 0 Å². The minimum atomic E-state index is 0.201. The van der Waals surface area contributed by atoms with Crippen molar-refractivity contribution in [3.05, 3.63) is 29.8 Å². The van der Waals surface area contributed by atoms with E-state index in [-0.39, 0.29) is 6.61 Å². The molecule has 2 N–H and O–H groups in total. The highest BCUT2D eigenvalue weighted by molar-refractivity contribution is 5.45. The minimum absolute atomic E-state index is 0.201. The highest BCUT2D eigenvalue weighted by atomic mass is 16.5. The smallest absolute Gasteiger partial charge is 0.0661 e. The van der Waals surface area contributed by atoms with Gasteiger partial charge in [-0.1, -0.05) is 12.1 Å². The number of aliphatic hydroxyl groups is 1. The summed E-state index contributed by atoms with van der Waals surface area (Å²) in [5.74, 6) is 0. The lowest BCUT2D eigenvalue weighted by Gasteiger charge is -2.14. The summed E-state index contributed by atoms with van der Waals surface area (Å²) in [6.45, 7) is 2.97. The molecule has 84 valence electrons. The van der Waals surface area contributed by atoms with E-state index < -0.39 is 0 Å². The summed E-state index contributed by atoms with van der Waals surface area (Å²) < 4.78 is 5.04. The lowest BCUT2D eigenvalue weighted by Crippen LogP contribution is -2.20. The van der Waals surface area contributed by atoms with Crippen LogP contribution in [0.15, 0.2) is 24.3 Å². The van der Waals surface area contributed by atoms with E-state index in [1.54, 1.807) is 7.11 Å². The zero-order valence-electron chi connectivity index (χ0n) is 9.36. The second kappa shape index (κ2) is 6.43. The molecular weight excluding hydrogens is 190 g/mol. The third-order valence-electron chi connectivity index (χ3n) is 2.18. The van der Waals surface area contributed by atoms with Crippen molar-refractivity contribution in [2.45, 2.75) is 19.4 Å². The molecule has 0 spiro atoms. The van der Waals surface area contributed by atoms with Gasteiger partial charge in [-0.05, 0) is 31.0 Å². The van der Waals surface area contributed by atoms with Crippen molar-refractivity contribution in [2.24, 2.45) is 0 Å². The Kier molecular flexibility index (Phi) is 5.15. The summed E-state index contributed by atoms with van der Waals surface area (Å²) in [7, 11) is 1.70. The van der Waals surface area contributed by atoms with E-state index >= 15 is 0 Å². The van der Waals surface area contributed by atoms with Crippen molar-refractivity contribution in [1.82, 2.24) is 0 Å². The fraction of sp³-hybridized carbons (Fsp3) is 0.500. The third kappa shape index (κ3) is 4.32. The second-order valence-electron chi connectivity index (χ2n) is 3.67. The van der Waals surface area contributed by atoms with E-state index in [1.165, 1.54) is 0 Å². The number of anilines is 1. The van der Waals surface area contributed by atoms with E-state index in [0.717, 1.165) is 11.3 Å². The Morgan fingerprint density at radius 1 is 1.33 bits per heavy atom. The first kappa shape index (κ1) is 12.0. The van der Waals surface area contributed by atoms with Gasteiger partial charge in [0.05, 0.1) is 6.61 Å². The number of ether oxygens (including phenoxy) is 1. The normalized spacial score (nSPS) is 12.5. The average Bonchev–Trinajstić information content (AvgIpc) is 2.22. The Balaban J connectivity index is 2.48. The lowest BCUT2D eigenvalue weighted by atomic mass is 10.1. The van der Waals surface area contributed by atoms with Crippen LogP contribution in [0.4, 0.5) is 5.69 Å². The van der Waals surface area contributed by atoms with Crippen molar-refractivity contribution in [3.63, 3.8) is 0 Å². The zero-order chi connectivity index (χ0) is 11.1. The van der Waals surface area contributed by atoms with Crippen molar-refractivity contribution in [3.8, 4) is 0 Å². The van der Waals surface area contributed by atoms with Gasteiger partial charge >= 0.3 is 0 Å². The standard InChI is InChI=1S/C12H19NO2/c1-10(9-15-2)13-12-5-3-11(4-6-12)7-8-14/h3-6,10,13-14H,7-9H2,1-2H3/t10-/m0/s1. The summed E-state index contributed by atoms with van der Waals surface area (Å²) in [6.07, 6.45) is 0.716. The molecule has 0 radical (unpaired) electrons. The molecule has 0 saturated carbocycles. The van der Waals surface area contributed by atoms with Crippen molar-refractivity contribution in [1.29, 1.82) is 0 Å². The molecule has 0 aliphatic rings. The van der Waals surface area contributed by atoms with Crippen LogP contribution in [0.3, 0.4) is 0 Å². The monoisotopic (exact) mass is 209 g/mol. The van der Waals surface area contributed by atoms with Gasteiger partial charge < -0.3 is 15.2 Å². The molecule has 0 heterocycles. The van der Waals surface area contributed by atoms with Gasteiger partial charge in [-0.2, -0.15) is 0 Å². The van der Waals surface area contributed by atoms with Crippen LogP contribution in [-0.2, 0) is 11.2 Å². The minimum Gasteiger partial charge on any atom is -0.396 e. The summed E-state index contributed by atoms with van der Waals surface area (Å²) in [5.41, 5.74) is 2.24. The van der Waals surface area contributed by atoms with Crippen LogP contribution in [0.2, 0.25) is 0 Å². The first-order valence-electron chi connectivity index (χ1n) is 5.21. The van der Waals surface area contributed by atoms with E-state index in [9.17, 15) is 0 Å². The predicted molar refractivity (Wildman–Crippen MR) is 62.2 cm³/mol. The quantitative estimate of drug-likeness (QED) is 0.749. The van der Waals surface area contributed by atoms with Crippen LogP contribution in [0, 0.1) is 0 Å². The number of nitrogens with one attached hydrogen (secondary N) is 1. The van der Waals surface area contributed by atoms with Crippen molar-refractivity contribution < 1.29 is 9.84 Å². The molecule has 0 fully saturated rings. The van der Waals surface area contributed by atoms with Gasteiger partial charge in [-0.3, -0.25) is 0 Å². The van der Waals surface area contributed by atoms with E-state index in [1.807, 2.05) is 24.3 Å². The molecule has 0 bridgehead atoms. The van der Waals surface area contributed by atoms with Crippen molar-refractivity contribution in [2.75, 3.05) is 25.6 Å². The Morgan fingerprint density at radius 3 is 2.53 bits per heavy atom. The van der Waals surface area contributed by atoms with E-state index in [4.69, 9.17) is 9.84 Å². The summed E-state index contributed by atoms with van der Waals surface area (Å²) in [5, 5.41) is 12.1. The highest BCUT2D eigenvalue weighted by Gasteiger charge is 2.00. The van der Waals surface area contributed by atoms with Crippen LogP contribution in [0.5, 0.6) is 0 Å². The van der Waals surface area contributed by atoms with E-state index in [2.05, 4.69) is 12.2 Å². The number of methoxy groups -OCH3 is 1. The molecule has 1 atom stereocenters. The van der Waals surface area contributed by atoms with Gasteiger partial charge in [0.1, 0.15) is 0 Å². The Labute approximate surface area is 91.1 Å². The number of benzene rings is 1. The first-order valence-corrected chi connectivity index (χ1v) is 5.21. The maximum atomic E-state index is 8.77. The largest absolute Gasteiger partial charge is 0.396 e. The number of rotatable bonds is 6. The molecule has 0 saturated heterocycles. The van der Waals surface area contributed by atoms with Crippen LogP contribution in [-0.4, -0.2) is 31.5 Å². The number of hydrogen-bond acceptors (Lipinski definition) is 3. The molecule has 0 unspecified atom stereocenters. The SMILES string of the molecule is COC[C@H](C)Nc1ccc(CCO)cc1. The molecule has 3 nitrogen and oxygen atoms in total. The molecule has 1 aromatic rings. The maximum Gasteiger partial charge on any atom is 0.0661 e. The van der Waals surface area contributed by atoms with Gasteiger partial charge in [-0.15, -0.1) is 0 Å². The first-order chi connectivity index (χ1) is 7.26. The predicted octanol–water partition coefficient (Wildman–Crippen LogP) is 1.67. The molecule has 0 amide bonds. The van der Waals surface area contributed by atoms with Crippen LogP contribution in [0.1, 0.15) is 12.5 Å². The number of hydrogen-bond donors (Lipinski definition) is 2. The van der Waals surface area contributed by atoms with Gasteiger partial charge in [0.25, 0.3) is 0 Å². The summed E-state index contributed by atoms with van der Waals surface area (Å²) in [6, 6.07) is 8.41. The van der Waals surface area contributed by atoms with Crippen LogP contribution in [0.25, 0.3) is 0 Å². The average molecular weight is 209 g/mol. The number of aliphatic hydroxyl groups excluding tert-OH is 1. The molecule has 1 rings (SSSR count). The molecule has 3 heteroatoms. The second-order valence-corrected chi connectivity index (χ2v) is 3.67. The Morgan fingerprint density at radius 2 is 2.00 bits per heavy atom. The summed E-state index contributed by atoms with van der Waals surface area (Å²) >= 11 is 0. The maximum absolute atomic E-state index is 8.77. The molecule has 0 aliphatic heterocycles. The van der Waals surface area contributed by atoms with Crippen LogP contribution < -0.4 is 5.32 Å². The van der Waals surface area contributed by atoms with Crippen molar-refractivity contribution >= 4 is 5.69 Å². The fourth-order valence-electron chi connectivity index (χ4n) is 1.47.